The second-order valence-electron chi connectivity index (χ2n) is 4.86. The highest BCUT2D eigenvalue weighted by Gasteiger charge is 2.30. The van der Waals surface area contributed by atoms with Crippen LogP contribution in [0.5, 0.6) is 0 Å². The fourth-order valence-corrected chi connectivity index (χ4v) is 1.66. The number of likely N-dealkylation sites (tertiary alicyclic amines) is 1. The summed E-state index contributed by atoms with van der Waals surface area (Å²) in [5, 5.41) is 9.20. The first-order chi connectivity index (χ1) is 6.99. The predicted molar refractivity (Wildman–Crippen MR) is 59.7 cm³/mol. The Morgan fingerprint density at radius 3 is 2.33 bits per heavy atom. The molecule has 0 atom stereocenters. The highest BCUT2D eigenvalue weighted by molar-refractivity contribution is 5.75. The first kappa shape index (κ1) is 12.3. The monoisotopic (exact) mass is 214 g/mol. The van der Waals surface area contributed by atoms with Crippen LogP contribution in [0.2, 0.25) is 0 Å². The van der Waals surface area contributed by atoms with Gasteiger partial charge in [-0.2, -0.15) is 0 Å². The molecule has 88 valence electrons. The predicted octanol–water partition coefficient (Wildman–Crippen LogP) is 1.30. The largest absolute Gasteiger partial charge is 0.394 e. The number of rotatable bonds is 2. The van der Waals surface area contributed by atoms with Crippen LogP contribution in [0.4, 0.5) is 4.79 Å². The second kappa shape index (κ2) is 4.84. The highest BCUT2D eigenvalue weighted by atomic mass is 16.3. The summed E-state index contributed by atoms with van der Waals surface area (Å²) in [5.41, 5.74) is -0.478. The maximum Gasteiger partial charge on any atom is 0.320 e. The molecule has 0 radical (unpaired) electrons. The molecule has 0 aromatic carbocycles. The van der Waals surface area contributed by atoms with Crippen LogP contribution in [0, 0.1) is 0 Å². The average Bonchev–Trinajstić information content (AvgIpc) is 2.28. The van der Waals surface area contributed by atoms with Crippen molar-refractivity contribution in [3.8, 4) is 0 Å². The van der Waals surface area contributed by atoms with Gasteiger partial charge in [0.25, 0.3) is 0 Å². The molecule has 0 unspecified atom stereocenters. The SMILES string of the molecule is CN(C(=O)N1CCCCC1)C(C)(C)CO. The first-order valence-electron chi connectivity index (χ1n) is 5.62. The summed E-state index contributed by atoms with van der Waals surface area (Å²) in [5.74, 6) is 0. The number of carbonyl (C=O) groups excluding carboxylic acids is 1. The number of aliphatic hydroxyl groups excluding tert-OH is 1. The molecule has 0 spiro atoms. The van der Waals surface area contributed by atoms with Crippen molar-refractivity contribution in [2.45, 2.75) is 38.6 Å². The Balaban J connectivity index is 2.58. The lowest BCUT2D eigenvalue weighted by Crippen LogP contribution is -2.53. The Morgan fingerprint density at radius 2 is 1.87 bits per heavy atom. The van der Waals surface area contributed by atoms with E-state index in [-0.39, 0.29) is 12.6 Å². The van der Waals surface area contributed by atoms with Crippen LogP contribution in [0.3, 0.4) is 0 Å². The van der Waals surface area contributed by atoms with Gasteiger partial charge >= 0.3 is 6.03 Å². The number of aliphatic hydroxyl groups is 1. The summed E-state index contributed by atoms with van der Waals surface area (Å²) in [4.78, 5) is 15.6. The maximum absolute atomic E-state index is 12.0. The van der Waals surface area contributed by atoms with Crippen LogP contribution in [0.25, 0.3) is 0 Å². The minimum Gasteiger partial charge on any atom is -0.394 e. The molecular formula is C11H22N2O2. The van der Waals surface area contributed by atoms with Gasteiger partial charge in [0, 0.05) is 20.1 Å². The zero-order chi connectivity index (χ0) is 11.5. The molecule has 0 aliphatic carbocycles. The number of hydrogen-bond acceptors (Lipinski definition) is 2. The van der Waals surface area contributed by atoms with Gasteiger partial charge in [-0.1, -0.05) is 0 Å². The van der Waals surface area contributed by atoms with Gasteiger partial charge in [0.05, 0.1) is 12.1 Å². The molecule has 2 amide bonds. The van der Waals surface area contributed by atoms with Gasteiger partial charge in [-0.15, -0.1) is 0 Å². The number of piperidine rings is 1. The van der Waals surface area contributed by atoms with E-state index in [2.05, 4.69) is 0 Å². The van der Waals surface area contributed by atoms with Crippen LogP contribution >= 0.6 is 0 Å². The van der Waals surface area contributed by atoms with E-state index in [0.29, 0.717) is 0 Å². The molecule has 0 bridgehead atoms. The zero-order valence-electron chi connectivity index (χ0n) is 9.99. The molecule has 1 aliphatic heterocycles. The van der Waals surface area contributed by atoms with Gasteiger partial charge in [0.15, 0.2) is 0 Å². The van der Waals surface area contributed by atoms with Gasteiger partial charge in [-0.05, 0) is 33.1 Å². The van der Waals surface area contributed by atoms with Crippen molar-refractivity contribution in [3.05, 3.63) is 0 Å². The normalized spacial score (nSPS) is 17.7. The van der Waals surface area contributed by atoms with Crippen molar-refractivity contribution < 1.29 is 9.90 Å². The lowest BCUT2D eigenvalue weighted by molar-refractivity contribution is 0.0740. The molecule has 1 N–H and O–H groups in total. The molecule has 0 aromatic rings. The minimum atomic E-state index is -0.478. The number of amides is 2. The van der Waals surface area contributed by atoms with Crippen molar-refractivity contribution in [3.63, 3.8) is 0 Å². The molecule has 1 aliphatic rings. The Hall–Kier alpha value is -0.770. The van der Waals surface area contributed by atoms with Crippen molar-refractivity contribution in [1.29, 1.82) is 0 Å². The molecule has 15 heavy (non-hydrogen) atoms. The van der Waals surface area contributed by atoms with Gasteiger partial charge in [-0.25, -0.2) is 4.79 Å². The maximum atomic E-state index is 12.0. The summed E-state index contributed by atoms with van der Waals surface area (Å²) in [6.45, 7) is 5.43. The van der Waals surface area contributed by atoms with E-state index in [1.54, 1.807) is 11.9 Å². The van der Waals surface area contributed by atoms with Crippen LogP contribution in [0.15, 0.2) is 0 Å². The summed E-state index contributed by atoms with van der Waals surface area (Å²) in [6.07, 6.45) is 3.41. The van der Waals surface area contributed by atoms with Gasteiger partial charge < -0.3 is 14.9 Å². The van der Waals surface area contributed by atoms with Crippen molar-refractivity contribution in [2.75, 3.05) is 26.7 Å². The molecular weight excluding hydrogens is 192 g/mol. The Labute approximate surface area is 91.9 Å². The molecule has 0 aromatic heterocycles. The van der Waals surface area contributed by atoms with E-state index in [1.165, 1.54) is 6.42 Å². The van der Waals surface area contributed by atoms with Gasteiger partial charge in [0.1, 0.15) is 0 Å². The van der Waals surface area contributed by atoms with Crippen molar-refractivity contribution in [2.24, 2.45) is 0 Å². The second-order valence-corrected chi connectivity index (χ2v) is 4.86. The summed E-state index contributed by atoms with van der Waals surface area (Å²) >= 11 is 0. The highest BCUT2D eigenvalue weighted by Crippen LogP contribution is 2.16. The quantitative estimate of drug-likeness (QED) is 0.753. The lowest BCUT2D eigenvalue weighted by Gasteiger charge is -2.39. The minimum absolute atomic E-state index is 0.0108. The number of urea groups is 1. The molecule has 1 fully saturated rings. The van der Waals surface area contributed by atoms with Crippen LogP contribution in [-0.2, 0) is 0 Å². The smallest absolute Gasteiger partial charge is 0.320 e. The molecule has 1 saturated heterocycles. The van der Waals surface area contributed by atoms with Crippen molar-refractivity contribution >= 4 is 6.03 Å². The Bertz CT molecular complexity index is 223. The summed E-state index contributed by atoms with van der Waals surface area (Å²) in [6, 6.07) is 0.0359. The third-order valence-electron chi connectivity index (χ3n) is 3.21. The number of hydrogen-bond donors (Lipinski definition) is 1. The third-order valence-corrected chi connectivity index (χ3v) is 3.21. The van der Waals surface area contributed by atoms with Crippen molar-refractivity contribution in [1.82, 2.24) is 9.80 Å². The topological polar surface area (TPSA) is 43.8 Å². The third kappa shape index (κ3) is 2.84. The summed E-state index contributed by atoms with van der Waals surface area (Å²) in [7, 11) is 1.76. The summed E-state index contributed by atoms with van der Waals surface area (Å²) < 4.78 is 0. The van der Waals surface area contributed by atoms with E-state index < -0.39 is 5.54 Å². The molecule has 4 nitrogen and oxygen atoms in total. The van der Waals surface area contributed by atoms with Gasteiger partial charge in [-0.3, -0.25) is 0 Å². The van der Waals surface area contributed by atoms with Crippen LogP contribution in [-0.4, -0.2) is 53.2 Å². The number of carbonyl (C=O) groups is 1. The van der Waals surface area contributed by atoms with Crippen LogP contribution in [0.1, 0.15) is 33.1 Å². The first-order valence-corrected chi connectivity index (χ1v) is 5.62. The fraction of sp³-hybridized carbons (Fsp3) is 0.909. The zero-order valence-corrected chi connectivity index (χ0v) is 9.99. The fourth-order valence-electron chi connectivity index (χ4n) is 1.66. The van der Waals surface area contributed by atoms with E-state index in [9.17, 15) is 9.90 Å². The number of likely N-dealkylation sites (N-methyl/N-ethyl adjacent to an activating group) is 1. The van der Waals surface area contributed by atoms with Gasteiger partial charge in [0.2, 0.25) is 0 Å². The van der Waals surface area contributed by atoms with E-state index in [1.807, 2.05) is 18.7 Å². The lowest BCUT2D eigenvalue weighted by atomic mass is 10.1. The molecule has 1 rings (SSSR count). The standard InChI is InChI=1S/C11H22N2O2/c1-11(2,9-14)12(3)10(15)13-7-5-4-6-8-13/h14H,4-9H2,1-3H3. The molecule has 0 saturated carbocycles. The Kier molecular flexibility index (Phi) is 3.97. The number of nitrogens with zero attached hydrogens (tertiary/aromatic N) is 2. The Morgan fingerprint density at radius 1 is 1.33 bits per heavy atom. The average molecular weight is 214 g/mol. The molecule has 4 heteroatoms. The van der Waals surface area contributed by atoms with E-state index >= 15 is 0 Å². The molecule has 1 heterocycles. The van der Waals surface area contributed by atoms with Crippen LogP contribution < -0.4 is 0 Å². The van der Waals surface area contributed by atoms with E-state index in [0.717, 1.165) is 25.9 Å². The van der Waals surface area contributed by atoms with E-state index in [4.69, 9.17) is 0 Å².